The number of amides is 2. The van der Waals surface area contributed by atoms with E-state index in [0.29, 0.717) is 17.0 Å². The highest BCUT2D eigenvalue weighted by Crippen LogP contribution is 2.31. The van der Waals surface area contributed by atoms with E-state index in [2.05, 4.69) is 10.9 Å². The van der Waals surface area contributed by atoms with Crippen LogP contribution in [-0.4, -0.2) is 11.8 Å². The first-order chi connectivity index (χ1) is 13.1. The maximum absolute atomic E-state index is 12.4. The van der Waals surface area contributed by atoms with Gasteiger partial charge in [0.1, 0.15) is 0 Å². The molecule has 0 aliphatic heterocycles. The lowest BCUT2D eigenvalue weighted by molar-refractivity contribution is 0.0920. The van der Waals surface area contributed by atoms with Crippen LogP contribution in [0.1, 0.15) is 70.8 Å². The molecule has 2 aromatic carbocycles. The Morgan fingerprint density at radius 1 is 0.926 bits per heavy atom. The number of nitrogens with one attached hydrogen (secondary N) is 2. The van der Waals surface area contributed by atoms with Crippen LogP contribution in [0, 0.1) is 5.92 Å². The average Bonchev–Trinajstić information content (AvgIpc) is 2.72. The summed E-state index contributed by atoms with van der Waals surface area (Å²) in [5.41, 5.74) is 13.5. The van der Waals surface area contributed by atoms with Gasteiger partial charge in [0.05, 0.1) is 6.04 Å². The number of benzene rings is 2. The van der Waals surface area contributed by atoms with Crippen molar-refractivity contribution in [3.8, 4) is 0 Å². The van der Waals surface area contributed by atoms with E-state index in [1.807, 2.05) is 30.3 Å². The fourth-order valence-corrected chi connectivity index (χ4v) is 3.73. The minimum atomic E-state index is -0.435. The lowest BCUT2D eigenvalue weighted by Crippen LogP contribution is -2.40. The number of hydrogen-bond donors (Lipinski definition) is 3. The second-order valence-corrected chi connectivity index (χ2v) is 7.24. The van der Waals surface area contributed by atoms with Crippen LogP contribution in [0.25, 0.3) is 0 Å². The van der Waals surface area contributed by atoms with Gasteiger partial charge in [-0.25, -0.2) is 5.43 Å². The molecule has 1 saturated carbocycles. The molecule has 0 spiro atoms. The van der Waals surface area contributed by atoms with Crippen LogP contribution in [0.3, 0.4) is 0 Å². The van der Waals surface area contributed by atoms with Gasteiger partial charge < -0.3 is 5.73 Å². The van der Waals surface area contributed by atoms with Gasteiger partial charge in [-0.3, -0.25) is 15.0 Å². The fraction of sp³-hybridized carbons (Fsp3) is 0.364. The third kappa shape index (κ3) is 5.41. The van der Waals surface area contributed by atoms with Gasteiger partial charge in [-0.1, -0.05) is 62.4 Å². The van der Waals surface area contributed by atoms with E-state index in [1.54, 1.807) is 24.3 Å². The maximum atomic E-state index is 12.4. The highest BCUT2D eigenvalue weighted by atomic mass is 16.2. The molecule has 1 atom stereocenters. The zero-order valence-electron chi connectivity index (χ0n) is 15.5. The van der Waals surface area contributed by atoms with E-state index in [4.69, 9.17) is 5.73 Å². The zero-order chi connectivity index (χ0) is 19.1. The van der Waals surface area contributed by atoms with Crippen LogP contribution < -0.4 is 16.6 Å². The smallest absolute Gasteiger partial charge is 0.265 e. The third-order valence-corrected chi connectivity index (χ3v) is 5.29. The summed E-state index contributed by atoms with van der Waals surface area (Å²) in [6.45, 7) is 0. The first-order valence-electron chi connectivity index (χ1n) is 9.64. The van der Waals surface area contributed by atoms with Crippen LogP contribution >= 0.6 is 0 Å². The lowest BCUT2D eigenvalue weighted by atomic mass is 9.83. The molecule has 0 bridgehead atoms. The van der Waals surface area contributed by atoms with Gasteiger partial charge in [0.2, 0.25) is 5.91 Å². The van der Waals surface area contributed by atoms with Crippen molar-refractivity contribution in [1.82, 2.24) is 10.9 Å². The molecule has 142 valence electrons. The Hall–Kier alpha value is -2.66. The summed E-state index contributed by atoms with van der Waals surface area (Å²) >= 11 is 0. The number of hydrogen-bond acceptors (Lipinski definition) is 3. The van der Waals surface area contributed by atoms with Crippen LogP contribution in [0.4, 0.5) is 0 Å². The highest BCUT2D eigenvalue weighted by molar-refractivity contribution is 5.94. The molecule has 1 unspecified atom stereocenters. The van der Waals surface area contributed by atoms with Gasteiger partial charge in [0.15, 0.2) is 0 Å². The van der Waals surface area contributed by atoms with Crippen molar-refractivity contribution in [3.63, 3.8) is 0 Å². The minimum Gasteiger partial charge on any atom is -0.366 e. The second-order valence-electron chi connectivity index (χ2n) is 7.24. The van der Waals surface area contributed by atoms with Crippen molar-refractivity contribution in [1.29, 1.82) is 0 Å². The van der Waals surface area contributed by atoms with E-state index in [1.165, 1.54) is 32.1 Å². The predicted molar refractivity (Wildman–Crippen MR) is 106 cm³/mol. The van der Waals surface area contributed by atoms with E-state index < -0.39 is 5.91 Å². The van der Waals surface area contributed by atoms with Gasteiger partial charge in [0, 0.05) is 11.1 Å². The van der Waals surface area contributed by atoms with Gasteiger partial charge in [-0.2, -0.15) is 0 Å². The number of primary amides is 1. The van der Waals surface area contributed by atoms with Crippen LogP contribution in [-0.2, 0) is 0 Å². The molecule has 4 N–H and O–H groups in total. The molecule has 2 amide bonds. The van der Waals surface area contributed by atoms with Crippen molar-refractivity contribution in [2.75, 3.05) is 0 Å². The van der Waals surface area contributed by atoms with Crippen LogP contribution in [0.15, 0.2) is 54.6 Å². The summed E-state index contributed by atoms with van der Waals surface area (Å²) in [4.78, 5) is 23.7. The largest absolute Gasteiger partial charge is 0.366 e. The van der Waals surface area contributed by atoms with Gasteiger partial charge in [-0.15, -0.1) is 0 Å². The monoisotopic (exact) mass is 365 g/mol. The van der Waals surface area contributed by atoms with E-state index in [-0.39, 0.29) is 11.9 Å². The van der Waals surface area contributed by atoms with Crippen LogP contribution in [0.5, 0.6) is 0 Å². The van der Waals surface area contributed by atoms with Crippen molar-refractivity contribution in [2.45, 2.75) is 44.6 Å². The Morgan fingerprint density at radius 3 is 2.22 bits per heavy atom. The molecule has 0 radical (unpaired) electrons. The molecular formula is C22H27N3O2. The highest BCUT2D eigenvalue weighted by Gasteiger charge is 2.21. The summed E-state index contributed by atoms with van der Waals surface area (Å²) in [6, 6.07) is 16.4. The summed E-state index contributed by atoms with van der Waals surface area (Å²) in [6.07, 6.45) is 7.26. The molecule has 1 aliphatic carbocycles. The maximum Gasteiger partial charge on any atom is 0.265 e. The Balaban J connectivity index is 1.70. The summed E-state index contributed by atoms with van der Waals surface area (Å²) in [5.74, 6) is 0.0504. The molecule has 3 rings (SSSR count). The zero-order valence-corrected chi connectivity index (χ0v) is 15.5. The standard InChI is InChI=1S/C22H27N3O2/c23-21(26)18-13-11-17(12-14-18)20(15-16-7-3-1-4-8-16)24-25-22(27)19-9-5-2-6-10-19/h2,5-6,9-14,16,20,24H,1,3-4,7-8,15H2,(H2,23,26)(H,25,27). The Labute approximate surface area is 160 Å². The molecule has 0 heterocycles. The van der Waals surface area contributed by atoms with E-state index in [0.717, 1.165) is 12.0 Å². The lowest BCUT2D eigenvalue weighted by Gasteiger charge is -2.27. The molecule has 2 aromatic rings. The topological polar surface area (TPSA) is 84.2 Å². The van der Waals surface area contributed by atoms with Crippen molar-refractivity contribution < 1.29 is 9.59 Å². The normalized spacial score (nSPS) is 15.9. The quantitative estimate of drug-likeness (QED) is 0.654. The predicted octanol–water partition coefficient (Wildman–Crippen LogP) is 3.73. The average molecular weight is 365 g/mol. The number of carbonyl (C=O) groups is 2. The number of rotatable bonds is 7. The van der Waals surface area contributed by atoms with Crippen molar-refractivity contribution in [2.24, 2.45) is 11.7 Å². The molecule has 5 heteroatoms. The van der Waals surface area contributed by atoms with E-state index >= 15 is 0 Å². The van der Waals surface area contributed by atoms with Gasteiger partial charge in [0.25, 0.3) is 5.91 Å². The summed E-state index contributed by atoms with van der Waals surface area (Å²) in [7, 11) is 0. The molecule has 0 aromatic heterocycles. The number of carbonyl (C=O) groups excluding carboxylic acids is 2. The Kier molecular flexibility index (Phi) is 6.60. The van der Waals surface area contributed by atoms with Crippen molar-refractivity contribution in [3.05, 3.63) is 71.3 Å². The van der Waals surface area contributed by atoms with Crippen LogP contribution in [0.2, 0.25) is 0 Å². The molecule has 1 fully saturated rings. The molecule has 5 nitrogen and oxygen atoms in total. The third-order valence-electron chi connectivity index (χ3n) is 5.29. The Morgan fingerprint density at radius 2 is 1.59 bits per heavy atom. The summed E-state index contributed by atoms with van der Waals surface area (Å²) in [5, 5.41) is 0. The second kappa shape index (κ2) is 9.33. The fourth-order valence-electron chi connectivity index (χ4n) is 3.73. The molecule has 1 aliphatic rings. The van der Waals surface area contributed by atoms with Gasteiger partial charge >= 0.3 is 0 Å². The Bertz CT molecular complexity index is 753. The molecule has 0 saturated heterocycles. The number of hydrazine groups is 1. The first kappa shape index (κ1) is 19.1. The molecule has 27 heavy (non-hydrogen) atoms. The summed E-state index contributed by atoms with van der Waals surface area (Å²) < 4.78 is 0. The molecular weight excluding hydrogens is 338 g/mol. The van der Waals surface area contributed by atoms with E-state index in [9.17, 15) is 9.59 Å². The SMILES string of the molecule is NC(=O)c1ccc(C(CC2CCCCC2)NNC(=O)c2ccccc2)cc1. The van der Waals surface area contributed by atoms with Gasteiger partial charge in [-0.05, 0) is 42.2 Å². The van der Waals surface area contributed by atoms with Crippen molar-refractivity contribution >= 4 is 11.8 Å². The minimum absolute atomic E-state index is 0.0114. The number of nitrogens with two attached hydrogens (primary N) is 1. The first-order valence-corrected chi connectivity index (χ1v) is 9.64.